The van der Waals surface area contributed by atoms with Gasteiger partial charge >= 0.3 is 0 Å². The highest BCUT2D eigenvalue weighted by molar-refractivity contribution is 7.99. The standard InChI is InChI=1S/C17H15ClN2OS2/c1-11-13(18)7-8-14-16(11)20-17(23-14)19-15(21)10-22-9-12-5-3-2-4-6-12/h2-8H,9-10H2,1H3,(H,19,20,21). The Hall–Kier alpha value is -1.56. The van der Waals surface area contributed by atoms with E-state index in [4.69, 9.17) is 11.6 Å². The van der Waals surface area contributed by atoms with E-state index in [-0.39, 0.29) is 5.91 Å². The van der Waals surface area contributed by atoms with E-state index >= 15 is 0 Å². The topological polar surface area (TPSA) is 42.0 Å². The number of nitrogens with zero attached hydrogens (tertiary/aromatic N) is 1. The van der Waals surface area contributed by atoms with Crippen LogP contribution in [-0.4, -0.2) is 16.6 Å². The summed E-state index contributed by atoms with van der Waals surface area (Å²) in [5.74, 6) is 1.20. The number of fused-ring (bicyclic) bond motifs is 1. The Bertz CT molecular complexity index is 833. The average Bonchev–Trinajstić information content (AvgIpc) is 2.95. The molecule has 0 atom stereocenters. The number of rotatable bonds is 5. The van der Waals surface area contributed by atoms with Crippen molar-refractivity contribution in [2.75, 3.05) is 11.1 Å². The molecule has 3 rings (SSSR count). The first-order chi connectivity index (χ1) is 11.1. The van der Waals surface area contributed by atoms with Gasteiger partial charge in [-0.15, -0.1) is 11.8 Å². The minimum Gasteiger partial charge on any atom is -0.301 e. The van der Waals surface area contributed by atoms with E-state index < -0.39 is 0 Å². The summed E-state index contributed by atoms with van der Waals surface area (Å²) < 4.78 is 1.03. The van der Waals surface area contributed by atoms with Crippen LogP contribution in [0.4, 0.5) is 5.13 Å². The van der Waals surface area contributed by atoms with E-state index in [1.165, 1.54) is 16.9 Å². The SMILES string of the molecule is Cc1c(Cl)ccc2sc(NC(=O)CSCc3ccccc3)nc12. The van der Waals surface area contributed by atoms with Crippen LogP contribution in [0.2, 0.25) is 5.02 Å². The molecule has 2 aromatic carbocycles. The summed E-state index contributed by atoms with van der Waals surface area (Å²) >= 11 is 9.16. The van der Waals surface area contributed by atoms with E-state index in [1.54, 1.807) is 11.8 Å². The molecular formula is C17H15ClN2OS2. The molecule has 1 heterocycles. The molecule has 3 aromatic rings. The van der Waals surface area contributed by atoms with Crippen LogP contribution in [0.15, 0.2) is 42.5 Å². The van der Waals surface area contributed by atoms with Gasteiger partial charge < -0.3 is 5.32 Å². The molecule has 1 amide bonds. The molecular weight excluding hydrogens is 348 g/mol. The molecule has 0 unspecified atom stereocenters. The number of aromatic nitrogens is 1. The van der Waals surface area contributed by atoms with Crippen molar-refractivity contribution in [1.29, 1.82) is 0 Å². The van der Waals surface area contributed by atoms with E-state index in [0.29, 0.717) is 15.9 Å². The number of anilines is 1. The van der Waals surface area contributed by atoms with E-state index in [2.05, 4.69) is 22.4 Å². The fourth-order valence-corrected chi connectivity index (χ4v) is 4.03. The second-order valence-corrected chi connectivity index (χ2v) is 7.49. The Morgan fingerprint density at radius 2 is 2.04 bits per heavy atom. The van der Waals surface area contributed by atoms with Gasteiger partial charge in [-0.2, -0.15) is 0 Å². The summed E-state index contributed by atoms with van der Waals surface area (Å²) in [7, 11) is 0. The molecule has 0 saturated carbocycles. The first kappa shape index (κ1) is 16.3. The molecule has 118 valence electrons. The Labute approximate surface area is 148 Å². The number of aryl methyl sites for hydroxylation is 1. The highest BCUT2D eigenvalue weighted by atomic mass is 35.5. The molecule has 0 aliphatic heterocycles. The molecule has 0 bridgehead atoms. The smallest absolute Gasteiger partial charge is 0.236 e. The van der Waals surface area contributed by atoms with Crippen molar-refractivity contribution >= 4 is 56.0 Å². The summed E-state index contributed by atoms with van der Waals surface area (Å²) in [5, 5.41) is 4.18. The molecule has 0 aliphatic rings. The summed E-state index contributed by atoms with van der Waals surface area (Å²) in [6.07, 6.45) is 0. The summed E-state index contributed by atoms with van der Waals surface area (Å²) in [4.78, 5) is 16.5. The van der Waals surface area contributed by atoms with Gasteiger partial charge in [-0.25, -0.2) is 4.98 Å². The lowest BCUT2D eigenvalue weighted by Gasteiger charge is -2.02. The number of nitrogens with one attached hydrogen (secondary N) is 1. The Morgan fingerprint density at radius 1 is 1.26 bits per heavy atom. The Morgan fingerprint density at radius 3 is 2.83 bits per heavy atom. The number of thiazole rings is 1. The van der Waals surface area contributed by atoms with Crippen molar-refractivity contribution < 1.29 is 4.79 Å². The minimum absolute atomic E-state index is 0.0336. The third-order valence-electron chi connectivity index (χ3n) is 3.34. The molecule has 0 radical (unpaired) electrons. The van der Waals surface area contributed by atoms with Gasteiger partial charge in [-0.3, -0.25) is 4.79 Å². The van der Waals surface area contributed by atoms with E-state index in [0.717, 1.165) is 21.5 Å². The first-order valence-corrected chi connectivity index (χ1v) is 9.45. The highest BCUT2D eigenvalue weighted by Gasteiger charge is 2.11. The third kappa shape index (κ3) is 4.05. The van der Waals surface area contributed by atoms with Crippen molar-refractivity contribution in [3.8, 4) is 0 Å². The van der Waals surface area contributed by atoms with Crippen LogP contribution in [0.25, 0.3) is 10.2 Å². The second-order valence-electron chi connectivity index (χ2n) is 5.06. The molecule has 0 spiro atoms. The van der Waals surface area contributed by atoms with Gasteiger partial charge in [0.1, 0.15) is 0 Å². The van der Waals surface area contributed by atoms with Crippen LogP contribution >= 0.6 is 34.7 Å². The molecule has 0 fully saturated rings. The van der Waals surface area contributed by atoms with Crippen LogP contribution in [0.1, 0.15) is 11.1 Å². The Balaban J connectivity index is 1.58. The molecule has 1 N–H and O–H groups in total. The molecule has 0 saturated heterocycles. The van der Waals surface area contributed by atoms with Crippen molar-refractivity contribution in [3.05, 3.63) is 58.6 Å². The van der Waals surface area contributed by atoms with Crippen LogP contribution in [0, 0.1) is 6.92 Å². The number of benzene rings is 2. The quantitative estimate of drug-likeness (QED) is 0.684. The molecule has 3 nitrogen and oxygen atoms in total. The summed E-state index contributed by atoms with van der Waals surface area (Å²) in [6.45, 7) is 1.94. The maximum absolute atomic E-state index is 12.0. The van der Waals surface area contributed by atoms with Crippen molar-refractivity contribution in [3.63, 3.8) is 0 Å². The lowest BCUT2D eigenvalue weighted by atomic mass is 10.2. The largest absolute Gasteiger partial charge is 0.301 e. The summed E-state index contributed by atoms with van der Waals surface area (Å²) in [5.41, 5.74) is 3.02. The fourth-order valence-electron chi connectivity index (χ4n) is 2.15. The lowest BCUT2D eigenvalue weighted by Crippen LogP contribution is -2.13. The van der Waals surface area contributed by atoms with Crippen molar-refractivity contribution in [1.82, 2.24) is 4.98 Å². The van der Waals surface area contributed by atoms with Crippen LogP contribution in [0.3, 0.4) is 0 Å². The van der Waals surface area contributed by atoms with Gasteiger partial charge in [0.05, 0.1) is 16.0 Å². The van der Waals surface area contributed by atoms with Crippen LogP contribution in [-0.2, 0) is 10.5 Å². The van der Waals surface area contributed by atoms with Gasteiger partial charge in [0, 0.05) is 10.8 Å². The van der Waals surface area contributed by atoms with E-state index in [1.807, 2.05) is 37.3 Å². The highest BCUT2D eigenvalue weighted by Crippen LogP contribution is 2.31. The number of halogens is 1. The van der Waals surface area contributed by atoms with Gasteiger partial charge in [-0.1, -0.05) is 53.3 Å². The van der Waals surface area contributed by atoms with Gasteiger partial charge in [0.2, 0.25) is 5.91 Å². The molecule has 23 heavy (non-hydrogen) atoms. The van der Waals surface area contributed by atoms with Crippen molar-refractivity contribution in [2.24, 2.45) is 0 Å². The second kappa shape index (κ2) is 7.34. The number of hydrogen-bond acceptors (Lipinski definition) is 4. The van der Waals surface area contributed by atoms with Gasteiger partial charge in [0.25, 0.3) is 0 Å². The molecule has 6 heteroatoms. The normalized spacial score (nSPS) is 10.9. The van der Waals surface area contributed by atoms with E-state index in [9.17, 15) is 4.79 Å². The number of amides is 1. The first-order valence-electron chi connectivity index (χ1n) is 7.10. The lowest BCUT2D eigenvalue weighted by molar-refractivity contribution is -0.113. The predicted octanol–water partition coefficient (Wildman–Crippen LogP) is 5.13. The van der Waals surface area contributed by atoms with Crippen LogP contribution < -0.4 is 5.32 Å². The van der Waals surface area contributed by atoms with Crippen molar-refractivity contribution in [2.45, 2.75) is 12.7 Å². The zero-order valence-electron chi connectivity index (χ0n) is 12.5. The number of hydrogen-bond donors (Lipinski definition) is 1. The maximum atomic E-state index is 12.0. The van der Waals surface area contributed by atoms with Crippen LogP contribution in [0.5, 0.6) is 0 Å². The monoisotopic (exact) mass is 362 g/mol. The maximum Gasteiger partial charge on any atom is 0.236 e. The predicted molar refractivity (Wildman–Crippen MR) is 101 cm³/mol. The molecule has 1 aromatic heterocycles. The summed E-state index contributed by atoms with van der Waals surface area (Å²) in [6, 6.07) is 13.9. The number of carbonyl (C=O) groups is 1. The zero-order chi connectivity index (χ0) is 16.2. The minimum atomic E-state index is -0.0336. The number of carbonyl (C=O) groups excluding carboxylic acids is 1. The van der Waals surface area contributed by atoms with Gasteiger partial charge in [-0.05, 0) is 30.2 Å². The molecule has 0 aliphatic carbocycles. The fraction of sp³-hybridized carbons (Fsp3) is 0.176. The Kier molecular flexibility index (Phi) is 5.20. The average molecular weight is 363 g/mol. The zero-order valence-corrected chi connectivity index (χ0v) is 14.9. The van der Waals surface area contributed by atoms with Gasteiger partial charge in [0.15, 0.2) is 5.13 Å². The third-order valence-corrected chi connectivity index (χ3v) is 5.69. The number of thioether (sulfide) groups is 1.